The van der Waals surface area contributed by atoms with Crippen LogP contribution in [0.4, 0.5) is 14.5 Å². The molecule has 2 heterocycles. The van der Waals surface area contributed by atoms with Crippen molar-refractivity contribution in [3.63, 3.8) is 0 Å². The molecule has 2 unspecified atom stereocenters. The number of aldehydes is 1. The fourth-order valence-electron chi connectivity index (χ4n) is 4.30. The monoisotopic (exact) mass is 482 g/mol. The van der Waals surface area contributed by atoms with E-state index in [2.05, 4.69) is 10.3 Å². The minimum absolute atomic E-state index is 0.0344. The molecule has 0 spiro atoms. The molecular weight excluding hydrogens is 458 g/mol. The average molecular weight is 482 g/mol. The molecule has 3 aromatic rings. The number of aromatic nitrogens is 1. The summed E-state index contributed by atoms with van der Waals surface area (Å²) in [6.07, 6.45) is 1.18. The second kappa shape index (κ2) is 9.65. The highest BCUT2D eigenvalue weighted by atomic mass is 19.1. The Bertz CT molecular complexity index is 1300. The smallest absolute Gasteiger partial charge is 0.270 e. The summed E-state index contributed by atoms with van der Waals surface area (Å²) in [6, 6.07) is 9.37. The number of likely N-dealkylation sites (N-methyl/N-ethyl adjacent to an activating group) is 1. The van der Waals surface area contributed by atoms with Crippen LogP contribution in [-0.2, 0) is 9.59 Å². The van der Waals surface area contributed by atoms with Gasteiger partial charge in [-0.15, -0.1) is 0 Å². The number of anilines is 1. The largest absolute Gasteiger partial charge is 0.350 e. The van der Waals surface area contributed by atoms with Crippen molar-refractivity contribution in [3.8, 4) is 0 Å². The molecule has 3 amide bonds. The van der Waals surface area contributed by atoms with Crippen molar-refractivity contribution < 1.29 is 28.0 Å². The Morgan fingerprint density at radius 1 is 1.17 bits per heavy atom. The van der Waals surface area contributed by atoms with E-state index in [1.807, 2.05) is 6.92 Å². The third-order valence-corrected chi connectivity index (χ3v) is 6.18. The van der Waals surface area contributed by atoms with Crippen LogP contribution >= 0.6 is 0 Å². The van der Waals surface area contributed by atoms with E-state index in [-0.39, 0.29) is 47.5 Å². The Hall–Kier alpha value is -4.08. The zero-order valence-electron chi connectivity index (χ0n) is 19.2. The van der Waals surface area contributed by atoms with Gasteiger partial charge in [0.25, 0.3) is 5.91 Å². The number of aromatic amines is 1. The number of nitrogens with zero attached hydrogens (tertiary/aromatic N) is 2. The lowest BCUT2D eigenvalue weighted by Gasteiger charge is -2.24. The average Bonchev–Trinajstić information content (AvgIpc) is 3.43. The minimum Gasteiger partial charge on any atom is -0.350 e. The van der Waals surface area contributed by atoms with Gasteiger partial charge in [-0.2, -0.15) is 0 Å². The SMILES string of the molecule is CC1CC(C(=O)Nc2ccc(C=O)cc2)CN1C(=O)CN(C)C(=O)c1cc2c(F)cc(F)cc2[nH]1. The molecular formula is C25H24F2N4O4. The predicted molar refractivity (Wildman–Crippen MR) is 125 cm³/mol. The highest BCUT2D eigenvalue weighted by Gasteiger charge is 2.37. The standard InChI is InChI=1S/C25H24F2N4O4/c1-14-7-16(24(34)28-18-5-3-15(13-32)4-6-18)11-31(14)23(33)12-30(2)25(35)22-10-19-20(27)8-17(26)9-21(19)29-22/h3-6,8-10,13-14,16,29H,7,11-12H2,1-2H3,(H,28,34). The van der Waals surface area contributed by atoms with Crippen LogP contribution in [-0.4, -0.2) is 65.0 Å². The number of hydrogen-bond donors (Lipinski definition) is 2. The molecule has 8 nitrogen and oxygen atoms in total. The second-order valence-electron chi connectivity index (χ2n) is 8.75. The summed E-state index contributed by atoms with van der Waals surface area (Å²) in [7, 11) is 1.44. The highest BCUT2D eigenvalue weighted by Crippen LogP contribution is 2.25. The second-order valence-corrected chi connectivity index (χ2v) is 8.75. The number of fused-ring (bicyclic) bond motifs is 1. The zero-order valence-corrected chi connectivity index (χ0v) is 19.2. The first-order chi connectivity index (χ1) is 16.7. The molecule has 4 rings (SSSR count). The normalized spacial score (nSPS) is 17.4. The molecule has 1 aliphatic heterocycles. The Morgan fingerprint density at radius 3 is 2.57 bits per heavy atom. The summed E-state index contributed by atoms with van der Waals surface area (Å²) in [5.41, 5.74) is 1.23. The van der Waals surface area contributed by atoms with Crippen LogP contribution in [0.15, 0.2) is 42.5 Å². The van der Waals surface area contributed by atoms with Gasteiger partial charge in [-0.05, 0) is 49.7 Å². The molecule has 0 saturated carbocycles. The van der Waals surface area contributed by atoms with Crippen molar-refractivity contribution in [2.75, 3.05) is 25.5 Å². The van der Waals surface area contributed by atoms with Crippen molar-refractivity contribution in [1.82, 2.24) is 14.8 Å². The van der Waals surface area contributed by atoms with Crippen LogP contribution in [0, 0.1) is 17.6 Å². The number of nitrogens with one attached hydrogen (secondary N) is 2. The van der Waals surface area contributed by atoms with E-state index in [1.165, 1.54) is 18.0 Å². The summed E-state index contributed by atoms with van der Waals surface area (Å²) >= 11 is 0. The molecule has 0 aliphatic carbocycles. The summed E-state index contributed by atoms with van der Waals surface area (Å²) in [4.78, 5) is 54.6. The van der Waals surface area contributed by atoms with E-state index in [0.29, 0.717) is 24.0 Å². The van der Waals surface area contributed by atoms with Gasteiger partial charge in [0.1, 0.15) is 23.6 Å². The Kier molecular flexibility index (Phi) is 6.63. The van der Waals surface area contributed by atoms with Gasteiger partial charge >= 0.3 is 0 Å². The molecule has 2 atom stereocenters. The fourth-order valence-corrected chi connectivity index (χ4v) is 4.30. The predicted octanol–water partition coefficient (Wildman–Crippen LogP) is 3.21. The zero-order chi connectivity index (χ0) is 25.3. The number of hydrogen-bond acceptors (Lipinski definition) is 4. The third-order valence-electron chi connectivity index (χ3n) is 6.18. The van der Waals surface area contributed by atoms with Crippen LogP contribution < -0.4 is 5.32 Å². The van der Waals surface area contributed by atoms with E-state index >= 15 is 0 Å². The number of likely N-dealkylation sites (tertiary alicyclic amines) is 1. The van der Waals surface area contributed by atoms with Gasteiger partial charge in [-0.1, -0.05) is 0 Å². The van der Waals surface area contributed by atoms with Crippen molar-refractivity contribution >= 4 is 40.6 Å². The van der Waals surface area contributed by atoms with Gasteiger partial charge in [0.2, 0.25) is 11.8 Å². The number of H-pyrrole nitrogens is 1. The Morgan fingerprint density at radius 2 is 1.89 bits per heavy atom. The number of benzene rings is 2. The van der Waals surface area contributed by atoms with E-state index in [4.69, 9.17) is 0 Å². The third kappa shape index (κ3) is 5.06. The first kappa shape index (κ1) is 24.1. The molecule has 0 radical (unpaired) electrons. The molecule has 35 heavy (non-hydrogen) atoms. The molecule has 1 saturated heterocycles. The first-order valence-corrected chi connectivity index (χ1v) is 11.0. The van der Waals surface area contributed by atoms with Gasteiger partial charge in [-0.25, -0.2) is 8.78 Å². The topological polar surface area (TPSA) is 103 Å². The number of amides is 3. The van der Waals surface area contributed by atoms with Gasteiger partial charge in [0.15, 0.2) is 0 Å². The number of carbonyl (C=O) groups excluding carboxylic acids is 4. The summed E-state index contributed by atoms with van der Waals surface area (Å²) < 4.78 is 27.4. The molecule has 1 aromatic heterocycles. The number of carbonyl (C=O) groups is 4. The van der Waals surface area contributed by atoms with Crippen LogP contribution in [0.1, 0.15) is 34.2 Å². The van der Waals surface area contributed by atoms with Crippen LogP contribution in [0.25, 0.3) is 10.9 Å². The maximum Gasteiger partial charge on any atom is 0.270 e. The summed E-state index contributed by atoms with van der Waals surface area (Å²) in [6.45, 7) is 1.80. The Balaban J connectivity index is 1.37. The lowest BCUT2D eigenvalue weighted by Crippen LogP contribution is -2.43. The van der Waals surface area contributed by atoms with E-state index < -0.39 is 23.5 Å². The Labute approximate surface area is 199 Å². The number of halogens is 2. The fraction of sp³-hybridized carbons (Fsp3) is 0.280. The van der Waals surface area contributed by atoms with E-state index in [9.17, 15) is 28.0 Å². The van der Waals surface area contributed by atoms with Crippen molar-refractivity contribution in [3.05, 3.63) is 65.4 Å². The van der Waals surface area contributed by atoms with E-state index in [0.717, 1.165) is 12.1 Å². The molecule has 2 N–H and O–H groups in total. The molecule has 1 fully saturated rings. The van der Waals surface area contributed by atoms with Crippen molar-refractivity contribution in [2.24, 2.45) is 5.92 Å². The maximum atomic E-state index is 14.0. The van der Waals surface area contributed by atoms with Gasteiger partial charge in [-0.3, -0.25) is 19.2 Å². The molecule has 2 aromatic carbocycles. The van der Waals surface area contributed by atoms with Gasteiger partial charge in [0.05, 0.1) is 18.0 Å². The molecule has 10 heteroatoms. The van der Waals surface area contributed by atoms with E-state index in [1.54, 1.807) is 29.2 Å². The number of rotatable bonds is 6. The van der Waals surface area contributed by atoms with Crippen LogP contribution in [0.3, 0.4) is 0 Å². The lowest BCUT2D eigenvalue weighted by atomic mass is 10.1. The molecule has 182 valence electrons. The molecule has 1 aliphatic rings. The minimum atomic E-state index is -0.788. The first-order valence-electron chi connectivity index (χ1n) is 11.0. The highest BCUT2D eigenvalue weighted by molar-refractivity contribution is 6.00. The summed E-state index contributed by atoms with van der Waals surface area (Å²) in [5.74, 6) is -3.08. The lowest BCUT2D eigenvalue weighted by molar-refractivity contribution is -0.132. The van der Waals surface area contributed by atoms with Crippen molar-refractivity contribution in [2.45, 2.75) is 19.4 Å². The van der Waals surface area contributed by atoms with Crippen molar-refractivity contribution in [1.29, 1.82) is 0 Å². The maximum absolute atomic E-state index is 14.0. The van der Waals surface area contributed by atoms with Crippen LogP contribution in [0.5, 0.6) is 0 Å². The molecule has 0 bridgehead atoms. The van der Waals surface area contributed by atoms with Crippen LogP contribution in [0.2, 0.25) is 0 Å². The van der Waals surface area contributed by atoms with Gasteiger partial charge < -0.3 is 20.1 Å². The summed E-state index contributed by atoms with van der Waals surface area (Å²) in [5, 5.41) is 2.88. The quantitative estimate of drug-likeness (QED) is 0.527. The van der Waals surface area contributed by atoms with Gasteiger partial charge in [0, 0.05) is 42.3 Å².